The first-order valence-electron chi connectivity index (χ1n) is 7.17. The maximum absolute atomic E-state index is 12.2. The Balaban J connectivity index is 1.79. The molecule has 122 valence electrons. The Hall–Kier alpha value is -2.50. The van der Waals surface area contributed by atoms with Crippen molar-refractivity contribution >= 4 is 40.6 Å². The lowest BCUT2D eigenvalue weighted by molar-refractivity contribution is 0.262. The summed E-state index contributed by atoms with van der Waals surface area (Å²) in [5.41, 5.74) is 3.52. The molecule has 1 heterocycles. The number of nitrogens with one attached hydrogen (secondary N) is 3. The summed E-state index contributed by atoms with van der Waals surface area (Å²) < 4.78 is 0. The third kappa shape index (κ3) is 3.69. The number of aromatic amines is 1. The van der Waals surface area contributed by atoms with Crippen molar-refractivity contribution in [3.05, 3.63) is 64.3 Å². The average Bonchev–Trinajstić information content (AvgIpc) is 2.91. The number of aryl methyl sites for hydroxylation is 1. The number of anilines is 2. The van der Waals surface area contributed by atoms with Gasteiger partial charge in [-0.25, -0.2) is 4.79 Å². The molecule has 7 heteroatoms. The number of urea groups is 1. The largest absolute Gasteiger partial charge is 0.323 e. The molecule has 3 rings (SSSR count). The van der Waals surface area contributed by atoms with Gasteiger partial charge in [-0.05, 0) is 43.3 Å². The van der Waals surface area contributed by atoms with Crippen molar-refractivity contribution < 1.29 is 4.79 Å². The molecule has 2 aromatic carbocycles. The van der Waals surface area contributed by atoms with Crippen LogP contribution in [0.15, 0.2) is 48.5 Å². The molecule has 2 amide bonds. The average molecular weight is 361 g/mol. The van der Waals surface area contributed by atoms with Crippen LogP contribution in [0.1, 0.15) is 5.69 Å². The highest BCUT2D eigenvalue weighted by molar-refractivity contribution is 6.31. The van der Waals surface area contributed by atoms with Crippen molar-refractivity contribution in [2.24, 2.45) is 0 Å². The molecule has 0 fully saturated rings. The second-order valence-corrected chi connectivity index (χ2v) is 6.04. The summed E-state index contributed by atoms with van der Waals surface area (Å²) in [4.78, 5) is 12.2. The van der Waals surface area contributed by atoms with E-state index in [2.05, 4.69) is 20.8 Å². The molecule has 0 saturated carbocycles. The van der Waals surface area contributed by atoms with E-state index in [1.165, 1.54) is 0 Å². The van der Waals surface area contributed by atoms with Gasteiger partial charge in [0.05, 0.1) is 11.4 Å². The molecule has 0 aliphatic rings. The van der Waals surface area contributed by atoms with E-state index < -0.39 is 0 Å². The van der Waals surface area contributed by atoms with E-state index in [9.17, 15) is 4.79 Å². The number of H-pyrrole nitrogens is 1. The van der Waals surface area contributed by atoms with Crippen LogP contribution >= 0.6 is 23.2 Å². The number of aromatic nitrogens is 2. The van der Waals surface area contributed by atoms with Crippen LogP contribution in [0.3, 0.4) is 0 Å². The summed E-state index contributed by atoms with van der Waals surface area (Å²) in [6.45, 7) is 1.84. The minimum absolute atomic E-state index is 0.364. The van der Waals surface area contributed by atoms with Crippen LogP contribution in [0.25, 0.3) is 11.3 Å². The number of benzene rings is 2. The summed E-state index contributed by atoms with van der Waals surface area (Å²) in [7, 11) is 0. The van der Waals surface area contributed by atoms with Gasteiger partial charge in [-0.3, -0.25) is 5.10 Å². The monoisotopic (exact) mass is 360 g/mol. The fraction of sp³-hybridized carbons (Fsp3) is 0.0588. The first-order chi connectivity index (χ1) is 11.5. The number of nitrogens with zero attached hydrogens (tertiary/aromatic N) is 1. The Labute approximate surface area is 149 Å². The Morgan fingerprint density at radius 1 is 0.958 bits per heavy atom. The molecule has 0 atom stereocenters. The zero-order chi connectivity index (χ0) is 17.1. The van der Waals surface area contributed by atoms with Crippen LogP contribution in [0, 0.1) is 6.92 Å². The van der Waals surface area contributed by atoms with E-state index in [4.69, 9.17) is 23.2 Å². The minimum Gasteiger partial charge on any atom is -0.308 e. The summed E-state index contributed by atoms with van der Waals surface area (Å²) in [6.07, 6.45) is 0. The first kappa shape index (κ1) is 16.4. The zero-order valence-corrected chi connectivity index (χ0v) is 14.2. The lowest BCUT2D eigenvalue weighted by atomic mass is 10.1. The second kappa shape index (κ2) is 6.95. The molecule has 0 aliphatic carbocycles. The van der Waals surface area contributed by atoms with E-state index in [1.54, 1.807) is 36.4 Å². The van der Waals surface area contributed by atoms with Crippen LogP contribution in [-0.2, 0) is 0 Å². The molecule has 0 saturated heterocycles. The smallest absolute Gasteiger partial charge is 0.308 e. The topological polar surface area (TPSA) is 69.8 Å². The molecule has 3 N–H and O–H groups in total. The number of carbonyl (C=O) groups is 1. The first-order valence-corrected chi connectivity index (χ1v) is 7.93. The highest BCUT2D eigenvalue weighted by Gasteiger charge is 2.15. The lowest BCUT2D eigenvalue weighted by Crippen LogP contribution is -2.20. The molecular formula is C17H14Cl2N4O. The molecule has 0 radical (unpaired) electrons. The number of halogens is 2. The van der Waals surface area contributed by atoms with Crippen molar-refractivity contribution in [3.8, 4) is 11.3 Å². The third-order valence-corrected chi connectivity index (χ3v) is 3.91. The number of amides is 2. The molecule has 1 aromatic heterocycles. The standard InChI is InChI=1S/C17H14Cl2N4O/c1-10-15(16(23-22-10)11-2-4-12(18)5-3-11)21-17(24)20-14-8-6-13(19)7-9-14/h2-9H,1H3,(H,22,23)(H2,20,21,24). The predicted octanol–water partition coefficient (Wildman–Crippen LogP) is 5.34. The Bertz CT molecular complexity index is 857. The predicted molar refractivity (Wildman–Crippen MR) is 97.9 cm³/mol. The molecule has 0 unspecified atom stereocenters. The van der Waals surface area contributed by atoms with Crippen molar-refractivity contribution in [1.82, 2.24) is 10.2 Å². The molecular weight excluding hydrogens is 347 g/mol. The molecule has 3 aromatic rings. The molecule has 0 aliphatic heterocycles. The second-order valence-electron chi connectivity index (χ2n) is 5.17. The lowest BCUT2D eigenvalue weighted by Gasteiger charge is -2.09. The van der Waals surface area contributed by atoms with Crippen LogP contribution in [0.2, 0.25) is 10.0 Å². The van der Waals surface area contributed by atoms with E-state index in [-0.39, 0.29) is 6.03 Å². The number of hydrogen-bond donors (Lipinski definition) is 3. The normalized spacial score (nSPS) is 10.5. The van der Waals surface area contributed by atoms with Crippen LogP contribution in [0.5, 0.6) is 0 Å². The van der Waals surface area contributed by atoms with Crippen molar-refractivity contribution in [2.45, 2.75) is 6.92 Å². The van der Waals surface area contributed by atoms with Crippen molar-refractivity contribution in [2.75, 3.05) is 10.6 Å². The van der Waals surface area contributed by atoms with Gasteiger partial charge in [0.15, 0.2) is 0 Å². The number of carbonyl (C=O) groups excluding carboxylic acids is 1. The van der Waals surface area contributed by atoms with Crippen molar-refractivity contribution in [3.63, 3.8) is 0 Å². The van der Waals surface area contributed by atoms with Gasteiger partial charge in [-0.1, -0.05) is 35.3 Å². The number of hydrogen-bond acceptors (Lipinski definition) is 2. The van der Waals surface area contributed by atoms with Gasteiger partial charge in [-0.15, -0.1) is 0 Å². The third-order valence-electron chi connectivity index (χ3n) is 3.41. The minimum atomic E-state index is -0.364. The number of rotatable bonds is 3. The summed E-state index contributed by atoms with van der Waals surface area (Å²) in [6, 6.07) is 13.8. The summed E-state index contributed by atoms with van der Waals surface area (Å²) in [5, 5.41) is 14.0. The van der Waals surface area contributed by atoms with Gasteiger partial charge in [0, 0.05) is 21.3 Å². The van der Waals surface area contributed by atoms with E-state index in [0.29, 0.717) is 27.1 Å². The van der Waals surface area contributed by atoms with Gasteiger partial charge >= 0.3 is 6.03 Å². The highest BCUT2D eigenvalue weighted by atomic mass is 35.5. The van der Waals surface area contributed by atoms with Gasteiger partial charge in [0.2, 0.25) is 0 Å². The molecule has 5 nitrogen and oxygen atoms in total. The quantitative estimate of drug-likeness (QED) is 0.590. The van der Waals surface area contributed by atoms with Crippen LogP contribution in [0.4, 0.5) is 16.2 Å². The Morgan fingerprint density at radius 3 is 2.17 bits per heavy atom. The van der Waals surface area contributed by atoms with E-state index in [0.717, 1.165) is 11.3 Å². The maximum atomic E-state index is 12.2. The fourth-order valence-electron chi connectivity index (χ4n) is 2.21. The van der Waals surface area contributed by atoms with Gasteiger partial charge in [0.25, 0.3) is 0 Å². The molecule has 24 heavy (non-hydrogen) atoms. The summed E-state index contributed by atoms with van der Waals surface area (Å²) in [5.74, 6) is 0. The summed E-state index contributed by atoms with van der Waals surface area (Å²) >= 11 is 11.7. The van der Waals surface area contributed by atoms with Crippen LogP contribution < -0.4 is 10.6 Å². The maximum Gasteiger partial charge on any atom is 0.323 e. The zero-order valence-electron chi connectivity index (χ0n) is 12.7. The highest BCUT2D eigenvalue weighted by Crippen LogP contribution is 2.29. The molecule has 0 bridgehead atoms. The SMILES string of the molecule is Cc1[nH]nc(-c2ccc(Cl)cc2)c1NC(=O)Nc1ccc(Cl)cc1. The Morgan fingerprint density at radius 2 is 1.54 bits per heavy atom. The van der Waals surface area contributed by atoms with Gasteiger partial charge < -0.3 is 10.6 Å². The van der Waals surface area contributed by atoms with Crippen LogP contribution in [-0.4, -0.2) is 16.2 Å². The molecule has 0 spiro atoms. The van der Waals surface area contributed by atoms with Gasteiger partial charge in [-0.2, -0.15) is 5.10 Å². The van der Waals surface area contributed by atoms with E-state index >= 15 is 0 Å². The van der Waals surface area contributed by atoms with Crippen molar-refractivity contribution in [1.29, 1.82) is 0 Å². The fourth-order valence-corrected chi connectivity index (χ4v) is 2.46. The van der Waals surface area contributed by atoms with Gasteiger partial charge in [0.1, 0.15) is 5.69 Å². The van der Waals surface area contributed by atoms with E-state index in [1.807, 2.05) is 19.1 Å². The Kier molecular flexibility index (Phi) is 4.74.